The lowest BCUT2D eigenvalue weighted by molar-refractivity contribution is 0.0988. The lowest BCUT2D eigenvalue weighted by Gasteiger charge is -2.24. The third-order valence-corrected chi connectivity index (χ3v) is 5.09. The van der Waals surface area contributed by atoms with E-state index in [1.807, 2.05) is 0 Å². The number of nitrogens with zero attached hydrogens (tertiary/aromatic N) is 5. The van der Waals surface area contributed by atoms with Gasteiger partial charge in [0.15, 0.2) is 23.2 Å². The number of methoxy groups -OCH3 is 1. The minimum absolute atomic E-state index is 0.0598. The summed E-state index contributed by atoms with van der Waals surface area (Å²) < 4.78 is 19.4. The smallest absolute Gasteiger partial charge is 0.260 e. The van der Waals surface area contributed by atoms with E-state index < -0.39 is 5.82 Å². The number of carbonyl (C=O) groups is 1. The normalized spacial score (nSPS) is 18.3. The lowest BCUT2D eigenvalue weighted by Crippen LogP contribution is -2.30. The standard InChI is InChI=1S/C20H16FN5O2/c1-28-15-10-13-12(9-14(15)21)17(11-3-4-11)26(20(13)27)16-5-8-24-19(25-16)18-22-6-2-7-23-18/h2,5-11,17H,3-4H2,1H3. The molecule has 5 rings (SSSR count). The Hall–Kier alpha value is -3.42. The number of aromatic nitrogens is 4. The van der Waals surface area contributed by atoms with Gasteiger partial charge in [0.2, 0.25) is 0 Å². The number of amides is 1. The molecule has 1 unspecified atom stereocenters. The van der Waals surface area contributed by atoms with Crippen molar-refractivity contribution in [2.75, 3.05) is 12.0 Å². The first-order chi connectivity index (χ1) is 13.7. The largest absolute Gasteiger partial charge is 0.494 e. The Balaban J connectivity index is 1.61. The third-order valence-electron chi connectivity index (χ3n) is 5.09. The molecular formula is C20H16FN5O2. The molecule has 1 saturated carbocycles. The van der Waals surface area contributed by atoms with E-state index in [1.165, 1.54) is 19.2 Å². The van der Waals surface area contributed by atoms with Crippen molar-refractivity contribution in [2.45, 2.75) is 18.9 Å². The summed E-state index contributed by atoms with van der Waals surface area (Å²) in [6.45, 7) is 0. The van der Waals surface area contributed by atoms with E-state index in [-0.39, 0.29) is 23.6 Å². The second-order valence-corrected chi connectivity index (χ2v) is 6.84. The van der Waals surface area contributed by atoms with Crippen LogP contribution in [0, 0.1) is 11.7 Å². The van der Waals surface area contributed by atoms with Crippen LogP contribution in [0.3, 0.4) is 0 Å². The third kappa shape index (κ3) is 2.60. The predicted molar refractivity (Wildman–Crippen MR) is 98.3 cm³/mol. The second-order valence-electron chi connectivity index (χ2n) is 6.84. The molecule has 0 bridgehead atoms. The highest BCUT2D eigenvalue weighted by molar-refractivity contribution is 6.11. The van der Waals surface area contributed by atoms with E-state index in [0.29, 0.717) is 28.6 Å². The monoisotopic (exact) mass is 377 g/mol. The van der Waals surface area contributed by atoms with Crippen LogP contribution in [0.25, 0.3) is 11.6 Å². The van der Waals surface area contributed by atoms with Crippen LogP contribution in [0.15, 0.2) is 42.9 Å². The van der Waals surface area contributed by atoms with E-state index in [1.54, 1.807) is 35.6 Å². The second kappa shape index (κ2) is 6.33. The Kier molecular flexibility index (Phi) is 3.78. The molecule has 2 aliphatic rings. The van der Waals surface area contributed by atoms with Crippen LogP contribution < -0.4 is 9.64 Å². The van der Waals surface area contributed by atoms with Gasteiger partial charge in [-0.15, -0.1) is 0 Å². The van der Waals surface area contributed by atoms with Crippen molar-refractivity contribution in [2.24, 2.45) is 5.92 Å². The van der Waals surface area contributed by atoms with Gasteiger partial charge in [0.1, 0.15) is 5.82 Å². The van der Waals surface area contributed by atoms with Gasteiger partial charge in [-0.25, -0.2) is 24.3 Å². The molecule has 0 saturated heterocycles. The van der Waals surface area contributed by atoms with Gasteiger partial charge in [-0.2, -0.15) is 0 Å². The average Bonchev–Trinajstić information content (AvgIpc) is 3.53. The Morgan fingerprint density at radius 1 is 1.11 bits per heavy atom. The van der Waals surface area contributed by atoms with Gasteiger partial charge in [0, 0.05) is 24.2 Å². The van der Waals surface area contributed by atoms with Crippen LogP contribution in [0.2, 0.25) is 0 Å². The van der Waals surface area contributed by atoms with Gasteiger partial charge < -0.3 is 4.74 Å². The number of ether oxygens (including phenoxy) is 1. The van der Waals surface area contributed by atoms with Crippen LogP contribution in [0.5, 0.6) is 5.75 Å². The summed E-state index contributed by atoms with van der Waals surface area (Å²) in [5.41, 5.74) is 1.13. The van der Waals surface area contributed by atoms with Crippen molar-refractivity contribution in [1.29, 1.82) is 0 Å². The first kappa shape index (κ1) is 16.7. The first-order valence-electron chi connectivity index (χ1n) is 8.99. The Morgan fingerprint density at radius 3 is 2.57 bits per heavy atom. The van der Waals surface area contributed by atoms with Crippen molar-refractivity contribution in [3.8, 4) is 17.4 Å². The van der Waals surface area contributed by atoms with E-state index in [9.17, 15) is 9.18 Å². The maximum absolute atomic E-state index is 14.3. The quantitative estimate of drug-likeness (QED) is 0.695. The SMILES string of the molecule is COc1cc2c(cc1F)C(C1CC1)N(c1ccnc(-c3ncccn3)n1)C2=O. The molecule has 28 heavy (non-hydrogen) atoms. The topological polar surface area (TPSA) is 81.1 Å². The molecule has 1 atom stereocenters. The maximum atomic E-state index is 14.3. The zero-order valence-electron chi connectivity index (χ0n) is 15.0. The summed E-state index contributed by atoms with van der Waals surface area (Å²) in [7, 11) is 1.39. The highest BCUT2D eigenvalue weighted by Crippen LogP contribution is 2.51. The Labute approximate surface area is 160 Å². The number of halogens is 1. The van der Waals surface area contributed by atoms with Gasteiger partial charge >= 0.3 is 0 Å². The number of hydrogen-bond donors (Lipinski definition) is 0. The number of hydrogen-bond acceptors (Lipinski definition) is 6. The summed E-state index contributed by atoms with van der Waals surface area (Å²) >= 11 is 0. The molecule has 140 valence electrons. The molecule has 1 amide bonds. The lowest BCUT2D eigenvalue weighted by atomic mass is 10.0. The number of anilines is 1. The molecule has 7 nitrogen and oxygen atoms in total. The molecular weight excluding hydrogens is 361 g/mol. The van der Waals surface area contributed by atoms with Crippen molar-refractivity contribution in [1.82, 2.24) is 19.9 Å². The highest BCUT2D eigenvalue weighted by Gasteiger charge is 2.47. The maximum Gasteiger partial charge on any atom is 0.260 e. The van der Waals surface area contributed by atoms with Crippen LogP contribution in [-0.2, 0) is 0 Å². The number of carbonyl (C=O) groups excluding carboxylic acids is 1. The van der Waals surface area contributed by atoms with Gasteiger partial charge in [-0.3, -0.25) is 9.69 Å². The fourth-order valence-electron chi connectivity index (χ4n) is 3.68. The molecule has 1 aliphatic carbocycles. The van der Waals surface area contributed by atoms with Gasteiger partial charge in [0.25, 0.3) is 5.91 Å². The average molecular weight is 377 g/mol. The molecule has 2 aromatic heterocycles. The molecule has 0 spiro atoms. The first-order valence-corrected chi connectivity index (χ1v) is 8.99. The minimum atomic E-state index is -0.470. The van der Waals surface area contributed by atoms with Crippen LogP contribution >= 0.6 is 0 Å². The number of benzene rings is 1. The molecule has 8 heteroatoms. The molecule has 1 aromatic carbocycles. The van der Waals surface area contributed by atoms with Gasteiger partial charge in [-0.05, 0) is 48.6 Å². The summed E-state index contributed by atoms with van der Waals surface area (Å²) in [6.07, 6.45) is 6.77. The predicted octanol–water partition coefficient (Wildman–Crippen LogP) is 3.19. The fraction of sp³-hybridized carbons (Fsp3) is 0.250. The molecule has 0 N–H and O–H groups in total. The molecule has 1 aliphatic heterocycles. The van der Waals surface area contributed by atoms with Crippen molar-refractivity contribution in [3.05, 3.63) is 59.8 Å². The van der Waals surface area contributed by atoms with Crippen molar-refractivity contribution >= 4 is 11.7 Å². The molecule has 1 fully saturated rings. The number of rotatable bonds is 4. The Bertz CT molecular complexity index is 1070. The molecule has 3 aromatic rings. The zero-order chi connectivity index (χ0) is 19.3. The zero-order valence-corrected chi connectivity index (χ0v) is 15.0. The van der Waals surface area contributed by atoms with Gasteiger partial charge in [-0.1, -0.05) is 0 Å². The minimum Gasteiger partial charge on any atom is -0.494 e. The Morgan fingerprint density at radius 2 is 1.86 bits per heavy atom. The molecule has 0 radical (unpaired) electrons. The van der Waals surface area contributed by atoms with E-state index >= 15 is 0 Å². The summed E-state index contributed by atoms with van der Waals surface area (Å²) in [4.78, 5) is 32.0. The summed E-state index contributed by atoms with van der Waals surface area (Å²) in [5, 5.41) is 0. The highest BCUT2D eigenvalue weighted by atomic mass is 19.1. The summed E-state index contributed by atoms with van der Waals surface area (Å²) in [5.74, 6) is 0.819. The van der Waals surface area contributed by atoms with Crippen LogP contribution in [-0.4, -0.2) is 33.0 Å². The van der Waals surface area contributed by atoms with E-state index in [4.69, 9.17) is 4.74 Å². The fourth-order valence-corrected chi connectivity index (χ4v) is 3.68. The summed E-state index contributed by atoms with van der Waals surface area (Å²) in [6, 6.07) is 6.03. The van der Waals surface area contributed by atoms with E-state index in [0.717, 1.165) is 12.8 Å². The number of fused-ring (bicyclic) bond motifs is 1. The molecule has 3 heterocycles. The van der Waals surface area contributed by atoms with Gasteiger partial charge in [0.05, 0.1) is 13.2 Å². The van der Waals surface area contributed by atoms with Crippen molar-refractivity contribution < 1.29 is 13.9 Å². The van der Waals surface area contributed by atoms with Crippen LogP contribution in [0.4, 0.5) is 10.2 Å². The van der Waals surface area contributed by atoms with E-state index in [2.05, 4.69) is 19.9 Å². The van der Waals surface area contributed by atoms with Crippen molar-refractivity contribution in [3.63, 3.8) is 0 Å². The van der Waals surface area contributed by atoms with Crippen LogP contribution in [0.1, 0.15) is 34.8 Å².